The zero-order valence-electron chi connectivity index (χ0n) is 19.0. The van der Waals surface area contributed by atoms with Gasteiger partial charge in [0.25, 0.3) is 5.91 Å². The molecule has 1 unspecified atom stereocenters. The Kier molecular flexibility index (Phi) is 5.78. The lowest BCUT2D eigenvalue weighted by Crippen LogP contribution is -2.31. The van der Waals surface area contributed by atoms with E-state index in [1.54, 1.807) is 42.5 Å². The highest BCUT2D eigenvalue weighted by atomic mass is 35.5. The third-order valence-corrected chi connectivity index (χ3v) is 7.23. The molecule has 1 aliphatic rings. The number of hydrogen-bond donors (Lipinski definition) is 1. The summed E-state index contributed by atoms with van der Waals surface area (Å²) in [5.41, 5.74) is 1.70. The number of ether oxygens (including phenoxy) is 2. The maximum Gasteiger partial charge on any atom is 0.294 e. The number of aliphatic hydroxyl groups excluding tert-OH is 1. The van der Waals surface area contributed by atoms with Crippen LogP contribution in [0.1, 0.15) is 27.0 Å². The lowest BCUT2D eigenvalue weighted by Gasteiger charge is -2.27. The molecule has 0 saturated carbocycles. The van der Waals surface area contributed by atoms with Crippen LogP contribution in [0.2, 0.25) is 5.02 Å². The van der Waals surface area contributed by atoms with E-state index in [2.05, 4.69) is 0 Å². The van der Waals surface area contributed by atoms with Crippen LogP contribution < -0.4 is 14.4 Å². The van der Waals surface area contributed by atoms with Gasteiger partial charge < -0.3 is 19.0 Å². The Balaban J connectivity index is 1.67. The number of furan rings is 1. The standard InChI is InChI=1S/C26H20ClNO6S/c1-13-6-7-35-25(13)22-21(23(29)20-9-14-8-15(27)4-5-19(14)34-20)24(30)26(31)28(22)16-10-17(32-2)12-18(11-16)33-3/h4-12,22,30H,1-3H3. The minimum atomic E-state index is -0.872. The van der Waals surface area contributed by atoms with E-state index in [9.17, 15) is 14.7 Å². The zero-order valence-corrected chi connectivity index (χ0v) is 20.6. The van der Waals surface area contributed by atoms with Crippen molar-refractivity contribution in [3.05, 3.63) is 86.5 Å². The van der Waals surface area contributed by atoms with E-state index >= 15 is 0 Å². The lowest BCUT2D eigenvalue weighted by atomic mass is 9.98. The molecule has 2 aromatic carbocycles. The van der Waals surface area contributed by atoms with Crippen molar-refractivity contribution in [2.24, 2.45) is 0 Å². The van der Waals surface area contributed by atoms with Gasteiger partial charge in [-0.25, -0.2) is 0 Å². The molecule has 0 bridgehead atoms. The number of hydrogen-bond acceptors (Lipinski definition) is 7. The average Bonchev–Trinajstić information content (AvgIpc) is 3.54. The molecule has 1 N–H and O–H groups in total. The third-order valence-electron chi connectivity index (χ3n) is 5.92. The molecule has 3 heterocycles. The summed E-state index contributed by atoms with van der Waals surface area (Å²) in [4.78, 5) is 29.3. The van der Waals surface area contributed by atoms with Crippen LogP contribution in [0.3, 0.4) is 0 Å². The van der Waals surface area contributed by atoms with Gasteiger partial charge in [-0.05, 0) is 48.2 Å². The molecule has 2 aromatic heterocycles. The second-order valence-electron chi connectivity index (χ2n) is 8.00. The molecule has 0 fully saturated rings. The number of carbonyl (C=O) groups is 2. The van der Waals surface area contributed by atoms with Crippen molar-refractivity contribution >= 4 is 51.3 Å². The van der Waals surface area contributed by atoms with Crippen molar-refractivity contribution in [3.63, 3.8) is 0 Å². The van der Waals surface area contributed by atoms with Gasteiger partial charge in [0, 0.05) is 33.5 Å². The van der Waals surface area contributed by atoms with E-state index in [0.717, 1.165) is 10.4 Å². The zero-order chi connectivity index (χ0) is 24.9. The molecule has 4 aromatic rings. The predicted octanol–water partition coefficient (Wildman–Crippen LogP) is 6.26. The fourth-order valence-electron chi connectivity index (χ4n) is 4.21. The van der Waals surface area contributed by atoms with Gasteiger partial charge >= 0.3 is 0 Å². The molecule has 0 spiro atoms. The average molecular weight is 510 g/mol. The number of Topliss-reactive ketones (excluding diaryl/α,β-unsaturated/α-hetero) is 1. The molecule has 1 amide bonds. The van der Waals surface area contributed by atoms with Crippen molar-refractivity contribution < 1.29 is 28.6 Å². The molecule has 1 aliphatic heterocycles. The number of aliphatic hydroxyl groups is 1. The van der Waals surface area contributed by atoms with Crippen LogP contribution >= 0.6 is 22.9 Å². The maximum absolute atomic E-state index is 13.7. The molecule has 178 valence electrons. The summed E-state index contributed by atoms with van der Waals surface area (Å²) in [6.45, 7) is 1.89. The quantitative estimate of drug-likeness (QED) is 0.309. The molecule has 7 nitrogen and oxygen atoms in total. The Morgan fingerprint density at radius 3 is 2.43 bits per heavy atom. The van der Waals surface area contributed by atoms with Crippen molar-refractivity contribution in [2.45, 2.75) is 13.0 Å². The van der Waals surface area contributed by atoms with Gasteiger partial charge in [0.1, 0.15) is 23.1 Å². The fourth-order valence-corrected chi connectivity index (χ4v) is 5.41. The van der Waals surface area contributed by atoms with Crippen LogP contribution in [0.25, 0.3) is 11.0 Å². The van der Waals surface area contributed by atoms with Gasteiger partial charge in [-0.2, -0.15) is 0 Å². The topological polar surface area (TPSA) is 89.2 Å². The summed E-state index contributed by atoms with van der Waals surface area (Å²) >= 11 is 7.47. The highest BCUT2D eigenvalue weighted by molar-refractivity contribution is 7.10. The number of benzene rings is 2. The minimum Gasteiger partial charge on any atom is -0.503 e. The Morgan fingerprint density at radius 1 is 1.09 bits per heavy atom. The Hall–Kier alpha value is -3.75. The first-order chi connectivity index (χ1) is 16.8. The Bertz CT molecular complexity index is 1500. The first kappa shape index (κ1) is 23.0. The summed E-state index contributed by atoms with van der Waals surface area (Å²) in [5, 5.41) is 14.0. The van der Waals surface area contributed by atoms with Gasteiger partial charge in [-0.3, -0.25) is 14.5 Å². The van der Waals surface area contributed by atoms with Crippen LogP contribution in [0.15, 0.2) is 69.7 Å². The summed E-state index contributed by atoms with van der Waals surface area (Å²) in [7, 11) is 3.01. The molecule has 9 heteroatoms. The molecular weight excluding hydrogens is 490 g/mol. The number of anilines is 1. The molecule has 5 rings (SSSR count). The SMILES string of the molecule is COc1cc(OC)cc(N2C(=O)C(O)=C(C(=O)c3cc4cc(Cl)ccc4o3)C2c2sccc2C)c1. The lowest BCUT2D eigenvalue weighted by molar-refractivity contribution is -0.117. The van der Waals surface area contributed by atoms with Crippen LogP contribution in [-0.2, 0) is 4.79 Å². The highest BCUT2D eigenvalue weighted by Gasteiger charge is 2.46. The number of fused-ring (bicyclic) bond motifs is 1. The van der Waals surface area contributed by atoms with Crippen LogP contribution in [0, 0.1) is 6.92 Å². The summed E-state index contributed by atoms with van der Waals surface area (Å²) < 4.78 is 16.5. The molecule has 1 atom stereocenters. The van der Waals surface area contributed by atoms with Crippen molar-refractivity contribution in [2.75, 3.05) is 19.1 Å². The van der Waals surface area contributed by atoms with Gasteiger partial charge in [0.2, 0.25) is 5.78 Å². The molecule has 35 heavy (non-hydrogen) atoms. The normalized spacial score (nSPS) is 15.8. The van der Waals surface area contributed by atoms with Crippen molar-refractivity contribution in [1.82, 2.24) is 0 Å². The van der Waals surface area contributed by atoms with Gasteiger partial charge in [-0.1, -0.05) is 11.6 Å². The van der Waals surface area contributed by atoms with E-state index in [1.807, 2.05) is 18.4 Å². The van der Waals surface area contributed by atoms with Gasteiger partial charge in [0.05, 0.1) is 25.5 Å². The number of carbonyl (C=O) groups excluding carboxylic acids is 2. The number of amides is 1. The van der Waals surface area contributed by atoms with Crippen LogP contribution in [0.5, 0.6) is 11.5 Å². The summed E-state index contributed by atoms with van der Waals surface area (Å²) in [5.74, 6) is -1.00. The Labute approximate surface area is 209 Å². The number of rotatable bonds is 6. The van der Waals surface area contributed by atoms with E-state index < -0.39 is 23.5 Å². The van der Waals surface area contributed by atoms with Crippen LogP contribution in [0.4, 0.5) is 5.69 Å². The van der Waals surface area contributed by atoms with E-state index in [4.69, 9.17) is 25.5 Å². The van der Waals surface area contributed by atoms with E-state index in [1.165, 1.54) is 30.5 Å². The number of aryl methyl sites for hydroxylation is 1. The second-order valence-corrected chi connectivity index (χ2v) is 9.38. The van der Waals surface area contributed by atoms with E-state index in [-0.39, 0.29) is 11.3 Å². The second kappa shape index (κ2) is 8.79. The van der Waals surface area contributed by atoms with Gasteiger partial charge in [0.15, 0.2) is 11.5 Å². The number of ketones is 1. The van der Waals surface area contributed by atoms with Crippen molar-refractivity contribution in [3.8, 4) is 11.5 Å². The molecular formula is C26H20ClNO6S. The van der Waals surface area contributed by atoms with Crippen LogP contribution in [-0.4, -0.2) is 31.0 Å². The highest BCUT2D eigenvalue weighted by Crippen LogP contribution is 2.46. The summed E-state index contributed by atoms with van der Waals surface area (Å²) in [6.07, 6.45) is 0. The maximum atomic E-state index is 13.7. The molecule has 0 aliphatic carbocycles. The Morgan fingerprint density at radius 2 is 1.80 bits per heavy atom. The predicted molar refractivity (Wildman–Crippen MR) is 134 cm³/mol. The smallest absolute Gasteiger partial charge is 0.294 e. The third kappa shape index (κ3) is 3.84. The number of nitrogens with zero attached hydrogens (tertiary/aromatic N) is 1. The van der Waals surface area contributed by atoms with E-state index in [0.29, 0.717) is 33.2 Å². The largest absolute Gasteiger partial charge is 0.503 e. The first-order valence-electron chi connectivity index (χ1n) is 10.6. The monoisotopic (exact) mass is 509 g/mol. The van der Waals surface area contributed by atoms with Gasteiger partial charge in [-0.15, -0.1) is 11.3 Å². The number of thiophene rings is 1. The fraction of sp³-hybridized carbons (Fsp3) is 0.154. The number of methoxy groups -OCH3 is 2. The minimum absolute atomic E-state index is 0.000832. The number of halogens is 1. The molecule has 0 radical (unpaired) electrons. The van der Waals surface area contributed by atoms with Crippen molar-refractivity contribution in [1.29, 1.82) is 0 Å². The molecule has 0 saturated heterocycles. The first-order valence-corrected chi connectivity index (χ1v) is 11.9. The summed E-state index contributed by atoms with van der Waals surface area (Å²) in [6, 6.07) is 12.6.